The van der Waals surface area contributed by atoms with Crippen molar-refractivity contribution in [3.8, 4) is 5.75 Å². The van der Waals surface area contributed by atoms with Crippen molar-refractivity contribution in [2.45, 2.75) is 12.5 Å². The Morgan fingerprint density at radius 1 is 1.08 bits per heavy atom. The maximum Gasteiger partial charge on any atom is 0.318 e. The monoisotopic (exact) mass is 327 g/mol. The number of amides is 3. The topological polar surface area (TPSA) is 93.4 Å². The maximum absolute atomic E-state index is 12.2. The van der Waals surface area contributed by atoms with Crippen LogP contribution in [0.2, 0.25) is 0 Å². The fourth-order valence-corrected chi connectivity index (χ4v) is 2.35. The Morgan fingerprint density at radius 2 is 1.75 bits per heavy atom. The first-order valence-corrected chi connectivity index (χ1v) is 7.61. The van der Waals surface area contributed by atoms with Crippen LogP contribution >= 0.6 is 0 Å². The molecule has 0 aliphatic carbocycles. The number of carbonyl (C=O) groups excluding carboxylic acids is 2. The predicted molar refractivity (Wildman–Crippen MR) is 91.6 cm³/mol. The Labute approximate surface area is 141 Å². The Balaban J connectivity index is 1.99. The number of methoxy groups -OCH3 is 1. The van der Waals surface area contributed by atoms with Gasteiger partial charge < -0.3 is 15.8 Å². The molecule has 0 heterocycles. The minimum Gasteiger partial charge on any atom is -0.497 e. The van der Waals surface area contributed by atoms with Crippen LogP contribution < -0.4 is 21.1 Å². The molecule has 6 heteroatoms. The molecule has 2 aromatic carbocycles. The molecule has 2 aromatic rings. The van der Waals surface area contributed by atoms with Crippen LogP contribution in [0, 0.1) is 0 Å². The molecule has 24 heavy (non-hydrogen) atoms. The van der Waals surface area contributed by atoms with E-state index < -0.39 is 18.0 Å². The molecular weight excluding hydrogens is 306 g/mol. The van der Waals surface area contributed by atoms with Crippen molar-refractivity contribution in [3.05, 3.63) is 65.7 Å². The van der Waals surface area contributed by atoms with Crippen molar-refractivity contribution in [2.24, 2.45) is 5.73 Å². The summed E-state index contributed by atoms with van der Waals surface area (Å²) >= 11 is 0. The fraction of sp³-hybridized carbons (Fsp3) is 0.222. The van der Waals surface area contributed by atoms with Crippen molar-refractivity contribution in [1.82, 2.24) is 10.6 Å². The second-order valence-electron chi connectivity index (χ2n) is 5.25. The normalized spacial score (nSPS) is 11.5. The zero-order chi connectivity index (χ0) is 17.4. The summed E-state index contributed by atoms with van der Waals surface area (Å²) in [6, 6.07) is 15.4. The van der Waals surface area contributed by atoms with Crippen LogP contribution in [0.15, 0.2) is 54.6 Å². The second-order valence-corrected chi connectivity index (χ2v) is 5.25. The molecule has 126 valence electrons. The van der Waals surface area contributed by atoms with E-state index in [1.54, 1.807) is 7.11 Å². The molecule has 6 nitrogen and oxygen atoms in total. The van der Waals surface area contributed by atoms with Crippen molar-refractivity contribution in [3.63, 3.8) is 0 Å². The third kappa shape index (κ3) is 5.10. The molecule has 4 N–H and O–H groups in total. The van der Waals surface area contributed by atoms with Crippen LogP contribution in [-0.2, 0) is 11.2 Å². The molecular formula is C18H21N3O3. The first kappa shape index (κ1) is 17.5. The highest BCUT2D eigenvalue weighted by atomic mass is 16.5. The molecule has 2 rings (SSSR count). The van der Waals surface area contributed by atoms with Gasteiger partial charge in [0, 0.05) is 6.54 Å². The van der Waals surface area contributed by atoms with Gasteiger partial charge in [0.05, 0.1) is 7.11 Å². The van der Waals surface area contributed by atoms with E-state index in [-0.39, 0.29) is 0 Å². The van der Waals surface area contributed by atoms with E-state index in [4.69, 9.17) is 10.5 Å². The number of imide groups is 1. The summed E-state index contributed by atoms with van der Waals surface area (Å²) < 4.78 is 5.13. The molecule has 0 spiro atoms. The average Bonchev–Trinajstić information content (AvgIpc) is 2.59. The van der Waals surface area contributed by atoms with E-state index in [0.29, 0.717) is 6.54 Å². The minimum atomic E-state index is -0.863. The Morgan fingerprint density at radius 3 is 2.33 bits per heavy atom. The predicted octanol–water partition coefficient (Wildman–Crippen LogP) is 1.76. The van der Waals surface area contributed by atoms with E-state index in [9.17, 15) is 9.59 Å². The van der Waals surface area contributed by atoms with Gasteiger partial charge in [-0.1, -0.05) is 42.5 Å². The van der Waals surface area contributed by atoms with Gasteiger partial charge >= 0.3 is 6.03 Å². The summed E-state index contributed by atoms with van der Waals surface area (Å²) in [7, 11) is 1.62. The van der Waals surface area contributed by atoms with Gasteiger partial charge in [-0.3, -0.25) is 10.1 Å². The van der Waals surface area contributed by atoms with Crippen molar-refractivity contribution in [2.75, 3.05) is 13.7 Å². The highest BCUT2D eigenvalue weighted by molar-refractivity contribution is 5.96. The summed E-state index contributed by atoms with van der Waals surface area (Å²) in [6.45, 7) is 0.568. The molecule has 0 aliphatic heterocycles. The molecule has 0 saturated carbocycles. The standard InChI is InChI=1S/C18H21N3O3/c1-24-15-9-7-13(8-10-15)11-12-20-16(17(22)21-18(19)23)14-5-3-2-4-6-14/h2-10,16,20H,11-12H2,1H3,(H3,19,21,22,23)/t16-/m0/s1. The molecule has 0 bridgehead atoms. The second kappa shape index (κ2) is 8.69. The summed E-state index contributed by atoms with van der Waals surface area (Å²) in [4.78, 5) is 23.1. The number of carbonyl (C=O) groups is 2. The van der Waals surface area contributed by atoms with Crippen LogP contribution in [0.1, 0.15) is 17.2 Å². The maximum atomic E-state index is 12.2. The highest BCUT2D eigenvalue weighted by Gasteiger charge is 2.20. The molecule has 0 aromatic heterocycles. The average molecular weight is 327 g/mol. The highest BCUT2D eigenvalue weighted by Crippen LogP contribution is 2.14. The number of nitrogens with one attached hydrogen (secondary N) is 2. The molecule has 0 aliphatic rings. The SMILES string of the molecule is COc1ccc(CCN[C@H](C(=O)NC(N)=O)c2ccccc2)cc1. The summed E-state index contributed by atoms with van der Waals surface area (Å²) in [5, 5.41) is 5.29. The van der Waals surface area contributed by atoms with E-state index in [1.165, 1.54) is 0 Å². The molecule has 0 fully saturated rings. The van der Waals surface area contributed by atoms with Gasteiger partial charge in [0.25, 0.3) is 0 Å². The van der Waals surface area contributed by atoms with Gasteiger partial charge in [-0.05, 0) is 29.7 Å². The smallest absolute Gasteiger partial charge is 0.318 e. The van der Waals surface area contributed by atoms with Crippen molar-refractivity contribution >= 4 is 11.9 Å². The number of primary amides is 1. The lowest BCUT2D eigenvalue weighted by Gasteiger charge is -2.18. The van der Waals surface area contributed by atoms with Gasteiger partial charge in [0.1, 0.15) is 11.8 Å². The zero-order valence-electron chi connectivity index (χ0n) is 13.5. The van der Waals surface area contributed by atoms with Crippen LogP contribution in [0.3, 0.4) is 0 Å². The summed E-state index contributed by atoms with van der Waals surface area (Å²) in [6.07, 6.45) is 0.733. The van der Waals surface area contributed by atoms with Crippen LogP contribution in [0.25, 0.3) is 0 Å². The Hall–Kier alpha value is -2.86. The van der Waals surface area contributed by atoms with Crippen LogP contribution in [0.5, 0.6) is 5.75 Å². The largest absolute Gasteiger partial charge is 0.497 e. The number of ether oxygens (including phenoxy) is 1. The number of rotatable bonds is 7. The van der Waals surface area contributed by atoms with Crippen molar-refractivity contribution in [1.29, 1.82) is 0 Å². The van der Waals surface area contributed by atoms with Gasteiger partial charge in [0.2, 0.25) is 5.91 Å². The quantitative estimate of drug-likeness (QED) is 0.722. The lowest BCUT2D eigenvalue weighted by Crippen LogP contribution is -2.43. The number of hydrogen-bond donors (Lipinski definition) is 3. The number of hydrogen-bond acceptors (Lipinski definition) is 4. The molecule has 0 unspecified atom stereocenters. The third-order valence-electron chi connectivity index (χ3n) is 3.56. The minimum absolute atomic E-state index is 0.469. The van der Waals surface area contributed by atoms with Crippen LogP contribution in [0.4, 0.5) is 4.79 Å². The number of nitrogens with two attached hydrogens (primary N) is 1. The van der Waals surface area contributed by atoms with E-state index in [0.717, 1.165) is 23.3 Å². The van der Waals surface area contributed by atoms with Gasteiger partial charge in [-0.25, -0.2) is 4.79 Å². The van der Waals surface area contributed by atoms with Gasteiger partial charge in [-0.2, -0.15) is 0 Å². The Kier molecular flexibility index (Phi) is 6.33. The first-order chi connectivity index (χ1) is 11.6. The van der Waals surface area contributed by atoms with E-state index >= 15 is 0 Å². The van der Waals surface area contributed by atoms with E-state index in [2.05, 4.69) is 10.6 Å². The van der Waals surface area contributed by atoms with Gasteiger partial charge in [0.15, 0.2) is 0 Å². The third-order valence-corrected chi connectivity index (χ3v) is 3.56. The molecule has 0 radical (unpaired) electrons. The number of urea groups is 1. The lowest BCUT2D eigenvalue weighted by atomic mass is 10.1. The zero-order valence-corrected chi connectivity index (χ0v) is 13.5. The molecule has 0 saturated heterocycles. The first-order valence-electron chi connectivity index (χ1n) is 7.61. The number of benzene rings is 2. The van der Waals surface area contributed by atoms with E-state index in [1.807, 2.05) is 54.6 Å². The Bertz CT molecular complexity index is 672. The van der Waals surface area contributed by atoms with Crippen molar-refractivity contribution < 1.29 is 14.3 Å². The molecule has 1 atom stereocenters. The lowest BCUT2D eigenvalue weighted by molar-refractivity contribution is -0.122. The summed E-state index contributed by atoms with van der Waals surface area (Å²) in [5.74, 6) is 0.332. The summed E-state index contributed by atoms with van der Waals surface area (Å²) in [5.41, 5.74) is 6.93. The molecule has 3 amide bonds. The van der Waals surface area contributed by atoms with Crippen LogP contribution in [-0.4, -0.2) is 25.6 Å². The fourth-order valence-electron chi connectivity index (χ4n) is 2.35. The van der Waals surface area contributed by atoms with Gasteiger partial charge in [-0.15, -0.1) is 0 Å².